The lowest BCUT2D eigenvalue weighted by Gasteiger charge is -2.48. The second-order valence-corrected chi connectivity index (χ2v) is 12.7. The van der Waals surface area contributed by atoms with E-state index < -0.39 is 30.7 Å². The molecule has 2 aliphatic heterocycles. The van der Waals surface area contributed by atoms with Crippen molar-refractivity contribution in [3.63, 3.8) is 0 Å². The van der Waals surface area contributed by atoms with Crippen LogP contribution in [0.25, 0.3) is 0 Å². The first kappa shape index (κ1) is 33.9. The van der Waals surface area contributed by atoms with Crippen molar-refractivity contribution in [2.45, 2.75) is 118 Å². The molecule has 2 aliphatic rings. The Labute approximate surface area is 236 Å². The van der Waals surface area contributed by atoms with E-state index in [2.05, 4.69) is 46.7 Å². The molecule has 8 heteroatoms. The molecule has 1 fully saturated rings. The number of allylic oxidation sites excluding steroid dienone is 1. The van der Waals surface area contributed by atoms with Gasteiger partial charge in [-0.15, -0.1) is 0 Å². The average Bonchev–Trinajstić information content (AvgIpc) is 2.83. The number of carbonyl (C=O) groups is 2. The van der Waals surface area contributed by atoms with Crippen LogP contribution in [0, 0.1) is 35.5 Å². The van der Waals surface area contributed by atoms with Crippen LogP contribution in [-0.4, -0.2) is 85.8 Å². The summed E-state index contributed by atoms with van der Waals surface area (Å²) in [5.74, 6) is -0.606. The first-order valence-electron chi connectivity index (χ1n) is 14.8. The third-order valence-corrected chi connectivity index (χ3v) is 8.98. The number of hydrogen-bond acceptors (Lipinski definition) is 8. The highest BCUT2D eigenvalue weighted by atomic mass is 16.7. The first-order valence-corrected chi connectivity index (χ1v) is 14.8. The molecule has 0 aromatic rings. The van der Waals surface area contributed by atoms with Gasteiger partial charge in [-0.3, -0.25) is 9.59 Å². The van der Waals surface area contributed by atoms with Crippen LogP contribution in [0.15, 0.2) is 12.2 Å². The fraction of sp³-hybridized carbons (Fsp3) is 0.871. The predicted octanol–water partition coefficient (Wildman–Crippen LogP) is 4.48. The van der Waals surface area contributed by atoms with Crippen LogP contribution >= 0.6 is 0 Å². The number of cyclic esters (lactones) is 1. The number of ether oxygens (including phenoxy) is 4. The summed E-state index contributed by atoms with van der Waals surface area (Å²) in [4.78, 5) is 28.2. The summed E-state index contributed by atoms with van der Waals surface area (Å²) in [6.45, 7) is 16.1. The summed E-state index contributed by atoms with van der Waals surface area (Å²) in [7, 11) is 5.83. The minimum Gasteiger partial charge on any atom is -0.463 e. The monoisotopic (exact) mass is 553 g/mol. The minimum atomic E-state index is -0.713. The molecule has 0 radical (unpaired) electrons. The summed E-state index contributed by atoms with van der Waals surface area (Å²) in [5.41, 5.74) is 0. The Morgan fingerprint density at radius 2 is 1.56 bits per heavy atom. The van der Waals surface area contributed by atoms with Gasteiger partial charge in [0.1, 0.15) is 6.10 Å². The molecule has 226 valence electrons. The van der Waals surface area contributed by atoms with E-state index in [0.29, 0.717) is 18.8 Å². The van der Waals surface area contributed by atoms with Crippen LogP contribution in [0.2, 0.25) is 0 Å². The quantitative estimate of drug-likeness (QED) is 0.510. The standard InChI is InChI=1S/C31H55NO7/c1-17-12-13-25(33)18(2)14-19(3)30(39-31-23(7)28(32(9)10)22(6)24(8)38-31)29(36-11)20(4)15-27(35)37-21(5)16-26(17)34/h12-13,17-24,26,28-31,34H,14-16H2,1-11H3/b13-12+/t17-,18+,19-,20+,21+,22?,23?,24?,26-,28?,29-,30-,31?/m0/s1. The highest BCUT2D eigenvalue weighted by molar-refractivity contribution is 5.91. The molecule has 1 N–H and O–H groups in total. The molecule has 0 aliphatic carbocycles. The van der Waals surface area contributed by atoms with E-state index in [1.165, 1.54) is 0 Å². The zero-order valence-electron chi connectivity index (χ0n) is 26.1. The normalized spacial score (nSPS) is 44.7. The van der Waals surface area contributed by atoms with Gasteiger partial charge < -0.3 is 29.0 Å². The SMILES string of the molecule is CO[C@@H]1[C@@H](OC2OC(C)C(C)C(N(C)C)C2C)[C@@H](C)C[C@@H](C)C(=O)/C=C/[C@H](C)[C@@H](O)C[C@@H](C)OC(=O)C[C@H]1C. The highest BCUT2D eigenvalue weighted by Crippen LogP contribution is 2.37. The second-order valence-electron chi connectivity index (χ2n) is 12.7. The van der Waals surface area contributed by atoms with Crippen LogP contribution in [0.5, 0.6) is 0 Å². The molecule has 0 spiro atoms. The van der Waals surface area contributed by atoms with Crippen molar-refractivity contribution in [3.8, 4) is 0 Å². The number of ketones is 1. The summed E-state index contributed by atoms with van der Waals surface area (Å²) in [6, 6.07) is 0.276. The van der Waals surface area contributed by atoms with Crippen LogP contribution in [-0.2, 0) is 28.5 Å². The van der Waals surface area contributed by atoms with Gasteiger partial charge >= 0.3 is 5.97 Å². The molecule has 0 saturated carbocycles. The number of esters is 1. The van der Waals surface area contributed by atoms with Crippen LogP contribution in [0.4, 0.5) is 0 Å². The van der Waals surface area contributed by atoms with E-state index in [-0.39, 0.29) is 59.9 Å². The third kappa shape index (κ3) is 9.09. The van der Waals surface area contributed by atoms with Crippen molar-refractivity contribution < 1.29 is 33.6 Å². The molecule has 0 aromatic carbocycles. The van der Waals surface area contributed by atoms with Gasteiger partial charge in [-0.25, -0.2) is 0 Å². The smallest absolute Gasteiger partial charge is 0.306 e. The second kappa shape index (κ2) is 15.1. The van der Waals surface area contributed by atoms with Crippen molar-refractivity contribution in [3.05, 3.63) is 12.2 Å². The molecule has 1 saturated heterocycles. The average molecular weight is 554 g/mol. The summed E-state index contributed by atoms with van der Waals surface area (Å²) in [5, 5.41) is 10.6. The number of nitrogens with zero attached hydrogens (tertiary/aromatic N) is 1. The van der Waals surface area contributed by atoms with Crippen LogP contribution < -0.4 is 0 Å². The van der Waals surface area contributed by atoms with Crippen molar-refractivity contribution in [2.75, 3.05) is 21.2 Å². The molecule has 2 rings (SSSR count). The largest absolute Gasteiger partial charge is 0.463 e. The number of aliphatic hydroxyl groups excluding tert-OH is 1. The molecule has 5 unspecified atom stereocenters. The Morgan fingerprint density at radius 3 is 2.15 bits per heavy atom. The third-order valence-electron chi connectivity index (χ3n) is 8.98. The van der Waals surface area contributed by atoms with Crippen molar-refractivity contribution >= 4 is 11.8 Å². The Morgan fingerprint density at radius 1 is 0.923 bits per heavy atom. The molecule has 13 atom stereocenters. The van der Waals surface area contributed by atoms with Gasteiger partial charge in [-0.05, 0) is 58.2 Å². The number of carbonyl (C=O) groups excluding carboxylic acids is 2. The molecule has 39 heavy (non-hydrogen) atoms. The zero-order valence-corrected chi connectivity index (χ0v) is 26.1. The van der Waals surface area contributed by atoms with E-state index in [1.54, 1.807) is 26.2 Å². The molecular formula is C31H55NO7. The first-order chi connectivity index (χ1) is 18.2. The Balaban J connectivity index is 2.41. The topological polar surface area (TPSA) is 94.5 Å². The number of aliphatic hydroxyl groups is 1. The lowest BCUT2D eigenvalue weighted by atomic mass is 9.82. The van der Waals surface area contributed by atoms with E-state index in [1.807, 2.05) is 20.8 Å². The van der Waals surface area contributed by atoms with Crippen LogP contribution in [0.1, 0.15) is 74.7 Å². The van der Waals surface area contributed by atoms with Gasteiger partial charge in [0.25, 0.3) is 0 Å². The number of hydrogen-bond donors (Lipinski definition) is 1. The van der Waals surface area contributed by atoms with E-state index in [0.717, 1.165) is 0 Å². The van der Waals surface area contributed by atoms with E-state index in [9.17, 15) is 14.7 Å². The van der Waals surface area contributed by atoms with Gasteiger partial charge in [0.15, 0.2) is 12.1 Å². The maximum atomic E-state index is 13.0. The van der Waals surface area contributed by atoms with Crippen LogP contribution in [0.3, 0.4) is 0 Å². The Bertz CT molecular complexity index is 817. The lowest BCUT2D eigenvalue weighted by Crippen LogP contribution is -2.56. The highest BCUT2D eigenvalue weighted by Gasteiger charge is 2.44. The lowest BCUT2D eigenvalue weighted by molar-refractivity contribution is -0.282. The Hall–Kier alpha value is -1.32. The van der Waals surface area contributed by atoms with Crippen molar-refractivity contribution in [1.29, 1.82) is 0 Å². The summed E-state index contributed by atoms with van der Waals surface area (Å²) >= 11 is 0. The molecule has 0 amide bonds. The van der Waals surface area contributed by atoms with Gasteiger partial charge in [0, 0.05) is 37.3 Å². The van der Waals surface area contributed by atoms with Gasteiger partial charge in [-0.1, -0.05) is 47.6 Å². The Kier molecular flexibility index (Phi) is 13.1. The van der Waals surface area contributed by atoms with Gasteiger partial charge in [0.2, 0.25) is 0 Å². The molecule has 0 bridgehead atoms. The fourth-order valence-electron chi connectivity index (χ4n) is 6.46. The zero-order chi connectivity index (χ0) is 29.6. The molecule has 0 aromatic heterocycles. The number of rotatable bonds is 4. The summed E-state index contributed by atoms with van der Waals surface area (Å²) < 4.78 is 24.9. The fourth-order valence-corrected chi connectivity index (χ4v) is 6.46. The van der Waals surface area contributed by atoms with Crippen molar-refractivity contribution in [1.82, 2.24) is 4.90 Å². The van der Waals surface area contributed by atoms with Gasteiger partial charge in [0.05, 0.1) is 30.8 Å². The summed E-state index contributed by atoms with van der Waals surface area (Å²) in [6.07, 6.45) is 1.95. The maximum absolute atomic E-state index is 13.0. The minimum absolute atomic E-state index is 0.0120. The van der Waals surface area contributed by atoms with E-state index in [4.69, 9.17) is 18.9 Å². The van der Waals surface area contributed by atoms with Gasteiger partial charge in [-0.2, -0.15) is 0 Å². The van der Waals surface area contributed by atoms with E-state index >= 15 is 0 Å². The molecule has 2 heterocycles. The number of methoxy groups -OCH3 is 1. The molecular weight excluding hydrogens is 498 g/mol. The van der Waals surface area contributed by atoms with Crippen molar-refractivity contribution in [2.24, 2.45) is 35.5 Å². The molecule has 8 nitrogen and oxygen atoms in total. The maximum Gasteiger partial charge on any atom is 0.306 e. The predicted molar refractivity (Wildman–Crippen MR) is 152 cm³/mol.